The zero-order valence-corrected chi connectivity index (χ0v) is 17.1. The molecule has 1 saturated heterocycles. The van der Waals surface area contributed by atoms with Gasteiger partial charge in [-0.3, -0.25) is 4.79 Å². The van der Waals surface area contributed by atoms with Crippen LogP contribution >= 0.6 is 11.3 Å². The quantitative estimate of drug-likeness (QED) is 0.615. The number of carboxylic acids is 1. The molecule has 1 amide bonds. The Morgan fingerprint density at radius 2 is 2.14 bits per heavy atom. The number of hydrogen-bond donors (Lipinski definition) is 2. The summed E-state index contributed by atoms with van der Waals surface area (Å²) < 4.78 is 0. The maximum absolute atomic E-state index is 12.4. The van der Waals surface area contributed by atoms with Crippen LogP contribution in [0.4, 0.5) is 0 Å². The minimum absolute atomic E-state index is 0.00690. The van der Waals surface area contributed by atoms with Crippen LogP contribution in [0, 0.1) is 0 Å². The minimum atomic E-state index is -0.959. The Labute approximate surface area is 174 Å². The Hall–Kier alpha value is -2.51. The lowest BCUT2D eigenvalue weighted by Gasteiger charge is -2.34. The molecule has 0 bridgehead atoms. The largest absolute Gasteiger partial charge is 0.477 e. The van der Waals surface area contributed by atoms with Crippen molar-refractivity contribution in [1.29, 1.82) is 0 Å². The molecule has 29 heavy (non-hydrogen) atoms. The highest BCUT2D eigenvalue weighted by Crippen LogP contribution is 2.21. The zero-order chi connectivity index (χ0) is 20.6. The van der Waals surface area contributed by atoms with Crippen LogP contribution in [0.2, 0.25) is 0 Å². The standard InChI is InChI=1S/C22H26N2O4S/c25-18(14-16-6-2-1-3-7-16)12-11-17-8-4-10-21(26)24(17)13-5-9-20-23-15-19(29-20)22(27)28/h1-3,6-7,11-12,15,17-18,25H,4-5,8-10,13-14H2,(H,27,28). The normalized spacial score (nSPS) is 18.3. The molecule has 154 valence electrons. The fourth-order valence-electron chi connectivity index (χ4n) is 3.54. The van der Waals surface area contributed by atoms with Crippen molar-refractivity contribution < 1.29 is 19.8 Å². The van der Waals surface area contributed by atoms with Gasteiger partial charge in [-0.05, 0) is 24.8 Å². The molecule has 0 radical (unpaired) electrons. The first-order valence-corrected chi connectivity index (χ1v) is 10.7. The number of hydrogen-bond acceptors (Lipinski definition) is 5. The number of rotatable bonds is 9. The van der Waals surface area contributed by atoms with Crippen LogP contribution in [-0.2, 0) is 17.6 Å². The van der Waals surface area contributed by atoms with Gasteiger partial charge in [-0.2, -0.15) is 0 Å². The van der Waals surface area contributed by atoms with Crippen molar-refractivity contribution >= 4 is 23.2 Å². The lowest BCUT2D eigenvalue weighted by atomic mass is 9.99. The van der Waals surface area contributed by atoms with Crippen molar-refractivity contribution in [3.05, 3.63) is 64.1 Å². The van der Waals surface area contributed by atoms with Crippen LogP contribution in [0.5, 0.6) is 0 Å². The van der Waals surface area contributed by atoms with E-state index >= 15 is 0 Å². The number of thiazole rings is 1. The second kappa shape index (κ2) is 10.3. The van der Waals surface area contributed by atoms with E-state index in [2.05, 4.69) is 4.98 Å². The third-order valence-electron chi connectivity index (χ3n) is 5.01. The van der Waals surface area contributed by atoms with Crippen molar-refractivity contribution in [2.24, 2.45) is 0 Å². The predicted molar refractivity (Wildman–Crippen MR) is 112 cm³/mol. The average Bonchev–Trinajstić information content (AvgIpc) is 3.18. The molecular formula is C22H26N2O4S. The first kappa shape index (κ1) is 21.2. The molecule has 1 aliphatic heterocycles. The second-order valence-electron chi connectivity index (χ2n) is 7.22. The third-order valence-corrected chi connectivity index (χ3v) is 6.05. The van der Waals surface area contributed by atoms with E-state index in [1.54, 1.807) is 6.08 Å². The number of benzene rings is 1. The Balaban J connectivity index is 1.53. The molecule has 1 aliphatic rings. The Bertz CT molecular complexity index is 850. The highest BCUT2D eigenvalue weighted by atomic mass is 32.1. The maximum atomic E-state index is 12.4. The number of amides is 1. The van der Waals surface area contributed by atoms with E-state index in [4.69, 9.17) is 5.11 Å². The molecule has 6 nitrogen and oxygen atoms in total. The topological polar surface area (TPSA) is 90.7 Å². The van der Waals surface area contributed by atoms with Gasteiger partial charge >= 0.3 is 5.97 Å². The van der Waals surface area contributed by atoms with Crippen molar-refractivity contribution in [1.82, 2.24) is 9.88 Å². The van der Waals surface area contributed by atoms with E-state index in [9.17, 15) is 14.7 Å². The monoisotopic (exact) mass is 414 g/mol. The van der Waals surface area contributed by atoms with Gasteiger partial charge in [0.25, 0.3) is 0 Å². The van der Waals surface area contributed by atoms with E-state index in [1.807, 2.05) is 41.3 Å². The van der Waals surface area contributed by atoms with Crippen molar-refractivity contribution in [2.45, 2.75) is 50.7 Å². The van der Waals surface area contributed by atoms with Gasteiger partial charge in [0.05, 0.1) is 23.4 Å². The molecule has 0 saturated carbocycles. The number of aryl methyl sites for hydroxylation is 1. The van der Waals surface area contributed by atoms with Gasteiger partial charge in [-0.25, -0.2) is 9.78 Å². The highest BCUT2D eigenvalue weighted by molar-refractivity contribution is 7.13. The second-order valence-corrected chi connectivity index (χ2v) is 8.33. The summed E-state index contributed by atoms with van der Waals surface area (Å²) in [6.45, 7) is 0.602. The lowest BCUT2D eigenvalue weighted by Crippen LogP contribution is -2.43. The Morgan fingerprint density at radius 3 is 2.86 bits per heavy atom. The number of carboxylic acid groups (broad SMARTS) is 1. The van der Waals surface area contributed by atoms with E-state index in [0.717, 1.165) is 29.8 Å². The first-order chi connectivity index (χ1) is 14.0. The van der Waals surface area contributed by atoms with Crippen LogP contribution in [-0.4, -0.2) is 50.7 Å². The zero-order valence-electron chi connectivity index (χ0n) is 16.2. The number of aliphatic hydroxyl groups is 1. The van der Waals surface area contributed by atoms with Gasteiger partial charge in [0.15, 0.2) is 0 Å². The van der Waals surface area contributed by atoms with Crippen molar-refractivity contribution in [3.63, 3.8) is 0 Å². The fourth-order valence-corrected chi connectivity index (χ4v) is 4.34. The molecule has 1 aromatic heterocycles. The summed E-state index contributed by atoms with van der Waals surface area (Å²) in [6.07, 6.45) is 8.78. The number of piperidine rings is 1. The summed E-state index contributed by atoms with van der Waals surface area (Å²) in [5.74, 6) is -0.826. The lowest BCUT2D eigenvalue weighted by molar-refractivity contribution is -0.135. The molecule has 7 heteroatoms. The third kappa shape index (κ3) is 6.24. The molecule has 3 rings (SSSR count). The fraction of sp³-hybridized carbons (Fsp3) is 0.409. The minimum Gasteiger partial charge on any atom is -0.477 e. The smallest absolute Gasteiger partial charge is 0.347 e. The van der Waals surface area contributed by atoms with E-state index in [-0.39, 0.29) is 16.8 Å². The molecule has 0 aliphatic carbocycles. The number of carbonyl (C=O) groups excluding carboxylic acids is 1. The van der Waals surface area contributed by atoms with Gasteiger partial charge in [-0.15, -0.1) is 11.3 Å². The molecular weight excluding hydrogens is 388 g/mol. The molecule has 2 heterocycles. The summed E-state index contributed by atoms with van der Waals surface area (Å²) in [5.41, 5.74) is 1.07. The summed E-state index contributed by atoms with van der Waals surface area (Å²) in [6, 6.07) is 9.83. The highest BCUT2D eigenvalue weighted by Gasteiger charge is 2.26. The Morgan fingerprint density at radius 1 is 1.34 bits per heavy atom. The van der Waals surface area contributed by atoms with Gasteiger partial charge in [-0.1, -0.05) is 42.5 Å². The summed E-state index contributed by atoms with van der Waals surface area (Å²) >= 11 is 1.18. The van der Waals surface area contributed by atoms with Gasteiger partial charge in [0.2, 0.25) is 5.91 Å². The summed E-state index contributed by atoms with van der Waals surface area (Å²) in [4.78, 5) is 29.6. The van der Waals surface area contributed by atoms with Crippen molar-refractivity contribution in [3.8, 4) is 0 Å². The van der Waals surface area contributed by atoms with Gasteiger partial charge in [0.1, 0.15) is 4.88 Å². The van der Waals surface area contributed by atoms with E-state index in [1.165, 1.54) is 17.5 Å². The first-order valence-electron chi connectivity index (χ1n) is 9.90. The molecule has 2 unspecified atom stereocenters. The van der Waals surface area contributed by atoms with Crippen LogP contribution in [0.15, 0.2) is 48.7 Å². The summed E-state index contributed by atoms with van der Waals surface area (Å²) in [5, 5.41) is 20.1. The Kier molecular flexibility index (Phi) is 7.55. The number of carbonyl (C=O) groups is 2. The SMILES string of the molecule is O=C(O)c1cnc(CCCN2C(=O)CCCC2C=CC(O)Cc2ccccc2)s1. The van der Waals surface area contributed by atoms with Crippen LogP contribution in [0.25, 0.3) is 0 Å². The maximum Gasteiger partial charge on any atom is 0.347 e. The van der Waals surface area contributed by atoms with E-state index in [0.29, 0.717) is 25.8 Å². The molecule has 2 N–H and O–H groups in total. The molecule has 2 aromatic rings. The van der Waals surface area contributed by atoms with Crippen LogP contribution in [0.1, 0.15) is 45.9 Å². The average molecular weight is 415 g/mol. The predicted octanol–water partition coefficient (Wildman–Crippen LogP) is 3.31. The number of aliphatic hydroxyl groups excluding tert-OH is 1. The van der Waals surface area contributed by atoms with Crippen LogP contribution < -0.4 is 0 Å². The molecule has 1 aromatic carbocycles. The number of likely N-dealkylation sites (tertiary alicyclic amines) is 1. The van der Waals surface area contributed by atoms with Crippen LogP contribution in [0.3, 0.4) is 0 Å². The molecule has 0 spiro atoms. The van der Waals surface area contributed by atoms with Crippen molar-refractivity contribution in [2.75, 3.05) is 6.54 Å². The van der Waals surface area contributed by atoms with E-state index < -0.39 is 12.1 Å². The number of aromatic carboxylic acids is 1. The van der Waals surface area contributed by atoms with Gasteiger partial charge in [0, 0.05) is 25.8 Å². The molecule has 2 atom stereocenters. The molecule has 1 fully saturated rings. The number of nitrogens with zero attached hydrogens (tertiary/aromatic N) is 2. The summed E-state index contributed by atoms with van der Waals surface area (Å²) in [7, 11) is 0. The number of aromatic nitrogens is 1. The van der Waals surface area contributed by atoms with Gasteiger partial charge < -0.3 is 15.1 Å².